The zero-order chi connectivity index (χ0) is 20.3. The highest BCUT2D eigenvalue weighted by Gasteiger charge is 2.21. The molecule has 29 heavy (non-hydrogen) atoms. The summed E-state index contributed by atoms with van der Waals surface area (Å²) in [6, 6.07) is 18.0. The average molecular weight is 389 g/mol. The molecule has 1 fully saturated rings. The topological polar surface area (TPSA) is 9.23 Å². The Kier molecular flexibility index (Phi) is 8.77. The van der Waals surface area contributed by atoms with Crippen LogP contribution < -0.4 is 0 Å². The Hall–Kier alpha value is -2.12. The Balaban J connectivity index is 1.50. The fraction of sp³-hybridized carbons (Fsp3) is 0.429. The molecule has 0 atom stereocenters. The van der Waals surface area contributed by atoms with Crippen LogP contribution in [0.3, 0.4) is 0 Å². The van der Waals surface area contributed by atoms with E-state index in [0.29, 0.717) is 6.61 Å². The molecule has 1 aliphatic carbocycles. The summed E-state index contributed by atoms with van der Waals surface area (Å²) in [5, 5.41) is 0. The van der Waals surface area contributed by atoms with Gasteiger partial charge in [-0.25, -0.2) is 0 Å². The van der Waals surface area contributed by atoms with Crippen LogP contribution in [-0.2, 0) is 11.3 Å². The molecule has 0 radical (unpaired) electrons. The Morgan fingerprint density at radius 2 is 1.41 bits per heavy atom. The Labute approximate surface area is 177 Å². The van der Waals surface area contributed by atoms with E-state index in [0.717, 1.165) is 24.9 Å². The summed E-state index contributed by atoms with van der Waals surface area (Å²) in [6.45, 7) is 8.97. The minimum Gasteiger partial charge on any atom is -0.376 e. The maximum Gasteiger partial charge on any atom is 0.0717 e. The van der Waals surface area contributed by atoms with Crippen LogP contribution in [-0.4, -0.2) is 6.61 Å². The predicted molar refractivity (Wildman–Crippen MR) is 125 cm³/mol. The molecule has 1 saturated carbocycles. The molecular weight excluding hydrogens is 352 g/mol. The van der Waals surface area contributed by atoms with Gasteiger partial charge in [0.05, 0.1) is 13.2 Å². The summed E-state index contributed by atoms with van der Waals surface area (Å²) in [7, 11) is 0. The molecule has 0 heterocycles. The quantitative estimate of drug-likeness (QED) is 0.279. The largest absolute Gasteiger partial charge is 0.376 e. The third-order valence-electron chi connectivity index (χ3n) is 6.27. The standard InChI is InChI=1S/C28H36O/c1-3-5-7-8-23-9-13-25(14-10-23)27-17-19-28(20-18-27)26-15-11-24(12-16-26)22-29-21-6-4-2/h3-4,11-12,15-20,23,25H,1-2,5-10,13-14,21-22H2/t23-,25-. The minimum absolute atomic E-state index is 0.670. The molecule has 0 unspecified atom stereocenters. The number of benzene rings is 2. The first-order valence-electron chi connectivity index (χ1n) is 11.3. The van der Waals surface area contributed by atoms with Crippen molar-refractivity contribution in [3.63, 3.8) is 0 Å². The van der Waals surface area contributed by atoms with E-state index >= 15 is 0 Å². The monoisotopic (exact) mass is 388 g/mol. The molecule has 0 bridgehead atoms. The number of hydrogen-bond donors (Lipinski definition) is 0. The highest BCUT2D eigenvalue weighted by molar-refractivity contribution is 5.64. The van der Waals surface area contributed by atoms with Crippen LogP contribution in [0.1, 0.15) is 68.4 Å². The summed E-state index contributed by atoms with van der Waals surface area (Å²) >= 11 is 0. The summed E-state index contributed by atoms with van der Waals surface area (Å²) in [5.74, 6) is 1.68. The number of unbranched alkanes of at least 4 members (excludes halogenated alkanes) is 1. The maximum atomic E-state index is 5.65. The molecule has 154 valence electrons. The summed E-state index contributed by atoms with van der Waals surface area (Å²) in [4.78, 5) is 0. The third kappa shape index (κ3) is 6.72. The maximum absolute atomic E-state index is 5.65. The number of hydrogen-bond acceptors (Lipinski definition) is 1. The highest BCUT2D eigenvalue weighted by atomic mass is 16.5. The fourth-order valence-corrected chi connectivity index (χ4v) is 4.43. The lowest BCUT2D eigenvalue weighted by molar-refractivity contribution is 0.125. The summed E-state index contributed by atoms with van der Waals surface area (Å²) < 4.78 is 5.65. The predicted octanol–water partition coefficient (Wildman–Crippen LogP) is 8.08. The molecule has 1 nitrogen and oxygen atoms in total. The lowest BCUT2D eigenvalue weighted by Gasteiger charge is -2.29. The molecule has 2 aromatic rings. The van der Waals surface area contributed by atoms with Gasteiger partial charge < -0.3 is 4.74 Å². The first kappa shape index (κ1) is 21.6. The van der Waals surface area contributed by atoms with Gasteiger partial charge in [-0.3, -0.25) is 0 Å². The van der Waals surface area contributed by atoms with Gasteiger partial charge in [-0.15, -0.1) is 13.2 Å². The normalized spacial score (nSPS) is 19.0. The number of allylic oxidation sites excluding steroid dienone is 1. The number of rotatable bonds is 11. The van der Waals surface area contributed by atoms with Crippen molar-refractivity contribution in [1.82, 2.24) is 0 Å². The van der Waals surface area contributed by atoms with Crippen LogP contribution >= 0.6 is 0 Å². The molecule has 2 aromatic carbocycles. The van der Waals surface area contributed by atoms with Crippen LogP contribution in [0.5, 0.6) is 0 Å². The van der Waals surface area contributed by atoms with Crippen molar-refractivity contribution in [2.45, 2.75) is 63.9 Å². The highest BCUT2D eigenvalue weighted by Crippen LogP contribution is 2.38. The lowest BCUT2D eigenvalue weighted by atomic mass is 9.77. The molecule has 0 amide bonds. The molecular formula is C28H36O. The smallest absolute Gasteiger partial charge is 0.0717 e. The zero-order valence-corrected chi connectivity index (χ0v) is 17.8. The Bertz CT molecular complexity index is 733. The van der Waals surface area contributed by atoms with Gasteiger partial charge >= 0.3 is 0 Å². The summed E-state index contributed by atoms with van der Waals surface area (Å²) in [5.41, 5.74) is 5.31. The van der Waals surface area contributed by atoms with Crippen molar-refractivity contribution in [2.24, 2.45) is 5.92 Å². The van der Waals surface area contributed by atoms with Gasteiger partial charge in [0.25, 0.3) is 0 Å². The van der Waals surface area contributed by atoms with Crippen LogP contribution in [0.25, 0.3) is 11.1 Å². The van der Waals surface area contributed by atoms with E-state index in [1.807, 2.05) is 6.08 Å². The second-order valence-electron chi connectivity index (χ2n) is 8.39. The SMILES string of the molecule is C=CCCC[C@H]1CC[C@H](c2ccc(-c3ccc(COCCC=C)cc3)cc2)CC1. The van der Waals surface area contributed by atoms with Crippen LogP contribution in [0, 0.1) is 5.92 Å². The van der Waals surface area contributed by atoms with Gasteiger partial charge in [0.15, 0.2) is 0 Å². The molecule has 3 rings (SSSR count). The van der Waals surface area contributed by atoms with Crippen LogP contribution in [0.2, 0.25) is 0 Å². The van der Waals surface area contributed by atoms with Crippen molar-refractivity contribution in [3.05, 3.63) is 85.0 Å². The fourth-order valence-electron chi connectivity index (χ4n) is 4.43. The molecule has 0 aromatic heterocycles. The second-order valence-corrected chi connectivity index (χ2v) is 8.39. The van der Waals surface area contributed by atoms with Gasteiger partial charge in [0.1, 0.15) is 0 Å². The van der Waals surface area contributed by atoms with Crippen LogP contribution in [0.15, 0.2) is 73.8 Å². The molecule has 0 aliphatic heterocycles. The van der Waals surface area contributed by atoms with Gasteiger partial charge in [-0.05, 0) is 79.0 Å². The first-order valence-corrected chi connectivity index (χ1v) is 11.3. The molecule has 1 heteroatoms. The third-order valence-corrected chi connectivity index (χ3v) is 6.27. The summed E-state index contributed by atoms with van der Waals surface area (Å²) in [6.07, 6.45) is 14.2. The van der Waals surface area contributed by atoms with Crippen molar-refractivity contribution < 1.29 is 4.74 Å². The van der Waals surface area contributed by atoms with E-state index in [1.54, 1.807) is 0 Å². The van der Waals surface area contributed by atoms with Crippen molar-refractivity contribution in [1.29, 1.82) is 0 Å². The van der Waals surface area contributed by atoms with E-state index in [4.69, 9.17) is 4.74 Å². The molecule has 0 saturated heterocycles. The van der Waals surface area contributed by atoms with E-state index < -0.39 is 0 Å². The van der Waals surface area contributed by atoms with Crippen LogP contribution in [0.4, 0.5) is 0 Å². The average Bonchev–Trinajstić information content (AvgIpc) is 2.78. The molecule has 0 spiro atoms. The van der Waals surface area contributed by atoms with Crippen molar-refractivity contribution in [3.8, 4) is 11.1 Å². The van der Waals surface area contributed by atoms with Gasteiger partial charge in [-0.2, -0.15) is 0 Å². The van der Waals surface area contributed by atoms with E-state index in [-0.39, 0.29) is 0 Å². The molecule has 1 aliphatic rings. The van der Waals surface area contributed by atoms with Gasteiger partial charge in [-0.1, -0.05) is 67.1 Å². The molecule has 0 N–H and O–H groups in total. The van der Waals surface area contributed by atoms with Gasteiger partial charge in [0.2, 0.25) is 0 Å². The Morgan fingerprint density at radius 3 is 2.03 bits per heavy atom. The van der Waals surface area contributed by atoms with Crippen molar-refractivity contribution in [2.75, 3.05) is 6.61 Å². The van der Waals surface area contributed by atoms with E-state index in [1.165, 1.54) is 67.2 Å². The van der Waals surface area contributed by atoms with Crippen molar-refractivity contribution >= 4 is 0 Å². The van der Waals surface area contributed by atoms with E-state index in [9.17, 15) is 0 Å². The van der Waals surface area contributed by atoms with E-state index in [2.05, 4.69) is 67.8 Å². The minimum atomic E-state index is 0.670. The lowest BCUT2D eigenvalue weighted by Crippen LogP contribution is -2.13. The van der Waals surface area contributed by atoms with Gasteiger partial charge in [0, 0.05) is 0 Å². The Morgan fingerprint density at radius 1 is 0.793 bits per heavy atom. The number of ether oxygens (including phenoxy) is 1. The zero-order valence-electron chi connectivity index (χ0n) is 17.8. The second kappa shape index (κ2) is 11.8. The first-order chi connectivity index (χ1) is 14.3.